The standard InChI is InChI=1S/C19H28N4O/c1-15(2)19(4,14-20)21-18(24)16(3)22-10-12-23(13-11-22)17-8-6-5-7-9-17/h5-9,15-16H,10-13H2,1-4H3,(H,21,24)/t16-,19-/m0/s1. The summed E-state index contributed by atoms with van der Waals surface area (Å²) in [5.41, 5.74) is 0.406. The van der Waals surface area contributed by atoms with Crippen LogP contribution in [0.5, 0.6) is 0 Å². The molecule has 0 spiro atoms. The third kappa shape index (κ3) is 4.07. The molecule has 1 aromatic carbocycles. The van der Waals surface area contributed by atoms with Gasteiger partial charge in [-0.3, -0.25) is 9.69 Å². The first kappa shape index (κ1) is 18.3. The zero-order chi connectivity index (χ0) is 17.7. The molecule has 2 atom stereocenters. The monoisotopic (exact) mass is 328 g/mol. The van der Waals surface area contributed by atoms with Crippen molar-refractivity contribution in [3.63, 3.8) is 0 Å². The third-order valence-electron chi connectivity index (χ3n) is 5.13. The van der Waals surface area contributed by atoms with Gasteiger partial charge < -0.3 is 10.2 Å². The molecule has 1 aliphatic heterocycles. The van der Waals surface area contributed by atoms with Crippen LogP contribution in [0.25, 0.3) is 0 Å². The number of carbonyl (C=O) groups excluding carboxylic acids is 1. The lowest BCUT2D eigenvalue weighted by Crippen LogP contribution is -2.58. The second kappa shape index (κ2) is 7.67. The zero-order valence-electron chi connectivity index (χ0n) is 15.1. The molecule has 1 aliphatic rings. The number of benzene rings is 1. The number of carbonyl (C=O) groups is 1. The van der Waals surface area contributed by atoms with Gasteiger partial charge in [0.2, 0.25) is 5.91 Å². The van der Waals surface area contributed by atoms with E-state index in [0.717, 1.165) is 26.2 Å². The van der Waals surface area contributed by atoms with Crippen molar-refractivity contribution in [2.45, 2.75) is 39.3 Å². The second-order valence-corrected chi connectivity index (χ2v) is 6.99. The molecule has 24 heavy (non-hydrogen) atoms. The Hall–Kier alpha value is -2.06. The highest BCUT2D eigenvalue weighted by molar-refractivity contribution is 5.82. The molecule has 1 fully saturated rings. The largest absolute Gasteiger partial charge is 0.369 e. The molecule has 0 unspecified atom stereocenters. The summed E-state index contributed by atoms with van der Waals surface area (Å²) in [5, 5.41) is 12.3. The highest BCUT2D eigenvalue weighted by Gasteiger charge is 2.33. The Morgan fingerprint density at radius 1 is 1.17 bits per heavy atom. The molecule has 0 aliphatic carbocycles. The number of anilines is 1. The number of hydrogen-bond donors (Lipinski definition) is 1. The Balaban J connectivity index is 1.92. The van der Waals surface area contributed by atoms with Gasteiger partial charge in [0.1, 0.15) is 5.54 Å². The van der Waals surface area contributed by atoms with Crippen LogP contribution in [0.1, 0.15) is 27.7 Å². The van der Waals surface area contributed by atoms with Gasteiger partial charge in [-0.1, -0.05) is 32.0 Å². The maximum atomic E-state index is 12.6. The van der Waals surface area contributed by atoms with E-state index in [2.05, 4.69) is 33.3 Å². The summed E-state index contributed by atoms with van der Waals surface area (Å²) in [4.78, 5) is 17.1. The number of piperazine rings is 1. The molecule has 5 nitrogen and oxygen atoms in total. The van der Waals surface area contributed by atoms with Gasteiger partial charge in [0.25, 0.3) is 0 Å². The van der Waals surface area contributed by atoms with E-state index in [1.165, 1.54) is 5.69 Å². The summed E-state index contributed by atoms with van der Waals surface area (Å²) in [6.45, 7) is 11.1. The number of hydrogen-bond acceptors (Lipinski definition) is 4. The first-order chi connectivity index (χ1) is 11.4. The van der Waals surface area contributed by atoms with Crippen molar-refractivity contribution in [2.24, 2.45) is 5.92 Å². The SMILES string of the molecule is CC(C)[C@](C)(C#N)NC(=O)[C@H](C)N1CCN(c2ccccc2)CC1. The fourth-order valence-corrected chi connectivity index (χ4v) is 2.83. The molecule has 5 heteroatoms. The van der Waals surface area contributed by atoms with Crippen LogP contribution in [0.4, 0.5) is 5.69 Å². The fourth-order valence-electron chi connectivity index (χ4n) is 2.83. The molecule has 130 valence electrons. The number of rotatable bonds is 5. The maximum absolute atomic E-state index is 12.6. The van der Waals surface area contributed by atoms with Gasteiger partial charge in [-0.05, 0) is 31.9 Å². The first-order valence-corrected chi connectivity index (χ1v) is 8.64. The van der Waals surface area contributed by atoms with Crippen LogP contribution in [0.3, 0.4) is 0 Å². The van der Waals surface area contributed by atoms with E-state index in [1.807, 2.05) is 39.0 Å². The van der Waals surface area contributed by atoms with Crippen LogP contribution < -0.4 is 10.2 Å². The van der Waals surface area contributed by atoms with Gasteiger partial charge in [0, 0.05) is 31.9 Å². The lowest BCUT2D eigenvalue weighted by Gasteiger charge is -2.39. The van der Waals surface area contributed by atoms with Crippen molar-refractivity contribution >= 4 is 11.6 Å². The predicted molar refractivity (Wildman–Crippen MR) is 96.7 cm³/mol. The van der Waals surface area contributed by atoms with Crippen LogP contribution >= 0.6 is 0 Å². The average Bonchev–Trinajstić information content (AvgIpc) is 2.61. The smallest absolute Gasteiger partial charge is 0.238 e. The second-order valence-electron chi connectivity index (χ2n) is 6.99. The van der Waals surface area contributed by atoms with E-state index in [-0.39, 0.29) is 17.9 Å². The number of para-hydroxylation sites is 1. The minimum absolute atomic E-state index is 0.0635. The molecule has 1 N–H and O–H groups in total. The van der Waals surface area contributed by atoms with Crippen molar-refractivity contribution in [3.05, 3.63) is 30.3 Å². The Kier molecular flexibility index (Phi) is 5.84. The molecule has 0 bridgehead atoms. The predicted octanol–water partition coefficient (Wildman–Crippen LogP) is 2.25. The van der Waals surface area contributed by atoms with Crippen LogP contribution in [0, 0.1) is 17.2 Å². The van der Waals surface area contributed by atoms with E-state index in [9.17, 15) is 10.1 Å². The summed E-state index contributed by atoms with van der Waals surface area (Å²) in [6.07, 6.45) is 0. The van der Waals surface area contributed by atoms with E-state index in [4.69, 9.17) is 0 Å². The molecular weight excluding hydrogens is 300 g/mol. The zero-order valence-corrected chi connectivity index (χ0v) is 15.1. The molecule has 1 heterocycles. The summed E-state index contributed by atoms with van der Waals surface area (Å²) < 4.78 is 0. The van der Waals surface area contributed by atoms with Crippen LogP contribution in [-0.4, -0.2) is 48.6 Å². The highest BCUT2D eigenvalue weighted by atomic mass is 16.2. The van der Waals surface area contributed by atoms with E-state index in [1.54, 1.807) is 6.92 Å². The minimum atomic E-state index is -0.822. The highest BCUT2D eigenvalue weighted by Crippen LogP contribution is 2.18. The van der Waals surface area contributed by atoms with Gasteiger partial charge in [-0.15, -0.1) is 0 Å². The van der Waals surface area contributed by atoms with Gasteiger partial charge in [-0.2, -0.15) is 5.26 Å². The van der Waals surface area contributed by atoms with Crippen LogP contribution in [-0.2, 0) is 4.79 Å². The Bertz CT molecular complexity index is 587. The molecule has 0 saturated carbocycles. The van der Waals surface area contributed by atoms with Crippen molar-refractivity contribution in [1.82, 2.24) is 10.2 Å². The molecular formula is C19H28N4O. The minimum Gasteiger partial charge on any atom is -0.369 e. The summed E-state index contributed by atoms with van der Waals surface area (Å²) in [5.74, 6) is -0.00510. The third-order valence-corrected chi connectivity index (χ3v) is 5.13. The molecule has 1 amide bonds. The van der Waals surface area contributed by atoms with Crippen molar-refractivity contribution < 1.29 is 4.79 Å². The number of nitrogens with zero attached hydrogens (tertiary/aromatic N) is 3. The number of amides is 1. The average molecular weight is 328 g/mol. The Morgan fingerprint density at radius 2 is 1.75 bits per heavy atom. The number of nitrogens with one attached hydrogen (secondary N) is 1. The summed E-state index contributed by atoms with van der Waals surface area (Å²) in [6, 6.07) is 12.4. The van der Waals surface area contributed by atoms with E-state index < -0.39 is 5.54 Å². The quantitative estimate of drug-likeness (QED) is 0.901. The van der Waals surface area contributed by atoms with E-state index >= 15 is 0 Å². The normalized spacial score (nSPS) is 19.4. The van der Waals surface area contributed by atoms with Crippen LogP contribution in [0.2, 0.25) is 0 Å². The van der Waals surface area contributed by atoms with Crippen molar-refractivity contribution in [3.8, 4) is 6.07 Å². The topological polar surface area (TPSA) is 59.4 Å². The fraction of sp³-hybridized carbons (Fsp3) is 0.579. The molecule has 0 aromatic heterocycles. The lowest BCUT2D eigenvalue weighted by atomic mass is 9.89. The summed E-state index contributed by atoms with van der Waals surface area (Å²) in [7, 11) is 0. The Labute approximate surface area is 145 Å². The van der Waals surface area contributed by atoms with Crippen molar-refractivity contribution in [2.75, 3.05) is 31.1 Å². The lowest BCUT2D eigenvalue weighted by molar-refractivity contribution is -0.127. The van der Waals surface area contributed by atoms with Gasteiger partial charge >= 0.3 is 0 Å². The van der Waals surface area contributed by atoms with Crippen LogP contribution in [0.15, 0.2) is 30.3 Å². The van der Waals surface area contributed by atoms with Gasteiger partial charge in [-0.25, -0.2) is 0 Å². The molecule has 0 radical (unpaired) electrons. The molecule has 1 aromatic rings. The first-order valence-electron chi connectivity index (χ1n) is 8.64. The van der Waals surface area contributed by atoms with E-state index in [0.29, 0.717) is 0 Å². The summed E-state index contributed by atoms with van der Waals surface area (Å²) >= 11 is 0. The van der Waals surface area contributed by atoms with Crippen molar-refractivity contribution in [1.29, 1.82) is 5.26 Å². The number of nitriles is 1. The molecule has 1 saturated heterocycles. The Morgan fingerprint density at radius 3 is 2.25 bits per heavy atom. The molecule has 2 rings (SSSR count). The van der Waals surface area contributed by atoms with Gasteiger partial charge in [0.15, 0.2) is 0 Å². The van der Waals surface area contributed by atoms with Gasteiger partial charge in [0.05, 0.1) is 12.1 Å². The maximum Gasteiger partial charge on any atom is 0.238 e.